The van der Waals surface area contributed by atoms with Crippen LogP contribution in [-0.4, -0.2) is 16.1 Å². The highest BCUT2D eigenvalue weighted by Gasteiger charge is 2.15. The highest BCUT2D eigenvalue weighted by molar-refractivity contribution is 5.94. The van der Waals surface area contributed by atoms with Crippen molar-refractivity contribution in [2.24, 2.45) is 0 Å². The van der Waals surface area contributed by atoms with Crippen molar-refractivity contribution >= 4 is 11.7 Å². The molecule has 0 radical (unpaired) electrons. The van der Waals surface area contributed by atoms with Crippen LogP contribution in [0.3, 0.4) is 0 Å². The van der Waals surface area contributed by atoms with E-state index in [1.165, 1.54) is 6.07 Å². The summed E-state index contributed by atoms with van der Waals surface area (Å²) in [5, 5.41) is 12.0. The Kier molecular flexibility index (Phi) is 4.30. The van der Waals surface area contributed by atoms with Crippen LogP contribution in [0.5, 0.6) is 0 Å². The van der Waals surface area contributed by atoms with Crippen molar-refractivity contribution < 1.29 is 14.3 Å². The van der Waals surface area contributed by atoms with Crippen LogP contribution in [0.1, 0.15) is 28.5 Å². The summed E-state index contributed by atoms with van der Waals surface area (Å²) in [4.78, 5) is 15.3. The Bertz CT molecular complexity index is 629. The van der Waals surface area contributed by atoms with Gasteiger partial charge in [-0.2, -0.15) is 0 Å². The van der Waals surface area contributed by atoms with Crippen molar-refractivity contribution in [1.29, 1.82) is 0 Å². The third-order valence-corrected chi connectivity index (χ3v) is 3.04. The highest BCUT2D eigenvalue weighted by atomic mass is 19.1. The van der Waals surface area contributed by atoms with E-state index in [0.29, 0.717) is 6.54 Å². The molecule has 0 aliphatic rings. The van der Waals surface area contributed by atoms with Crippen LogP contribution in [0.15, 0.2) is 36.5 Å². The monoisotopic (exact) mass is 274 g/mol. The van der Waals surface area contributed by atoms with Crippen LogP contribution in [0, 0.1) is 5.82 Å². The molecule has 104 valence electrons. The van der Waals surface area contributed by atoms with E-state index >= 15 is 0 Å². The maximum atomic E-state index is 13.5. The lowest BCUT2D eigenvalue weighted by molar-refractivity contribution is 0.0693. The van der Waals surface area contributed by atoms with Gasteiger partial charge < -0.3 is 10.4 Å². The van der Waals surface area contributed by atoms with Crippen LogP contribution in [0.4, 0.5) is 10.1 Å². The summed E-state index contributed by atoms with van der Waals surface area (Å²) in [5.74, 6) is -2.04. The normalized spacial score (nSPS) is 10.3. The summed E-state index contributed by atoms with van der Waals surface area (Å²) in [7, 11) is 0. The van der Waals surface area contributed by atoms with Gasteiger partial charge in [-0.05, 0) is 30.2 Å². The lowest BCUT2D eigenvalue weighted by Gasteiger charge is -2.11. The van der Waals surface area contributed by atoms with Gasteiger partial charge in [-0.25, -0.2) is 9.18 Å². The first-order chi connectivity index (χ1) is 9.63. The minimum atomic E-state index is -1.29. The molecular weight excluding hydrogens is 259 g/mol. The molecular formula is C15H15FN2O2. The number of hydrogen-bond acceptors (Lipinski definition) is 3. The molecule has 20 heavy (non-hydrogen) atoms. The Morgan fingerprint density at radius 3 is 2.85 bits per heavy atom. The van der Waals surface area contributed by atoms with Gasteiger partial charge in [0, 0.05) is 6.20 Å². The van der Waals surface area contributed by atoms with Crippen molar-refractivity contribution in [2.45, 2.75) is 19.9 Å². The number of carboxylic acids is 1. The number of halogens is 1. The fourth-order valence-corrected chi connectivity index (χ4v) is 2.02. The Balaban J connectivity index is 2.23. The molecule has 0 fully saturated rings. The summed E-state index contributed by atoms with van der Waals surface area (Å²) in [5.41, 5.74) is 1.82. The number of carbonyl (C=O) groups is 1. The number of aromatic nitrogens is 1. The van der Waals surface area contributed by atoms with Crippen LogP contribution in [0.25, 0.3) is 0 Å². The molecule has 0 amide bonds. The minimum Gasteiger partial charge on any atom is -0.478 e. The molecule has 2 N–H and O–H groups in total. The summed E-state index contributed by atoms with van der Waals surface area (Å²) >= 11 is 0. The zero-order chi connectivity index (χ0) is 14.5. The number of hydrogen-bond donors (Lipinski definition) is 2. The van der Waals surface area contributed by atoms with E-state index in [1.54, 1.807) is 12.3 Å². The molecule has 0 bridgehead atoms. The maximum absolute atomic E-state index is 13.5. The predicted octanol–water partition coefficient (Wildman–Crippen LogP) is 3.09. The number of nitrogens with one attached hydrogen (secondary N) is 1. The van der Waals surface area contributed by atoms with Crippen molar-refractivity contribution in [3.05, 3.63) is 59.2 Å². The second kappa shape index (κ2) is 6.14. The smallest absolute Gasteiger partial charge is 0.340 e. The van der Waals surface area contributed by atoms with Gasteiger partial charge in [-0.1, -0.05) is 19.1 Å². The second-order valence-electron chi connectivity index (χ2n) is 4.28. The third kappa shape index (κ3) is 2.93. The molecule has 0 spiro atoms. The largest absolute Gasteiger partial charge is 0.478 e. The van der Waals surface area contributed by atoms with Gasteiger partial charge in [0.1, 0.15) is 11.4 Å². The van der Waals surface area contributed by atoms with E-state index in [1.807, 2.05) is 19.1 Å². The molecule has 2 aromatic rings. The average Bonchev–Trinajstić information content (AvgIpc) is 2.45. The Morgan fingerprint density at radius 1 is 1.35 bits per heavy atom. The van der Waals surface area contributed by atoms with E-state index in [0.717, 1.165) is 23.7 Å². The lowest BCUT2D eigenvalue weighted by Crippen LogP contribution is -2.10. The van der Waals surface area contributed by atoms with E-state index in [4.69, 9.17) is 5.11 Å². The molecule has 1 aromatic carbocycles. The Morgan fingerprint density at radius 2 is 2.15 bits per heavy atom. The summed E-state index contributed by atoms with van der Waals surface area (Å²) in [6.45, 7) is 2.37. The van der Waals surface area contributed by atoms with Crippen molar-refractivity contribution in [3.8, 4) is 0 Å². The molecule has 0 saturated carbocycles. The van der Waals surface area contributed by atoms with Gasteiger partial charge in [0.2, 0.25) is 0 Å². The molecule has 0 unspecified atom stereocenters. The molecule has 4 nitrogen and oxygen atoms in total. The van der Waals surface area contributed by atoms with Gasteiger partial charge in [0.15, 0.2) is 0 Å². The van der Waals surface area contributed by atoms with Crippen molar-refractivity contribution in [1.82, 2.24) is 4.98 Å². The number of rotatable bonds is 5. The zero-order valence-electron chi connectivity index (χ0n) is 11.1. The quantitative estimate of drug-likeness (QED) is 0.879. The lowest BCUT2D eigenvalue weighted by atomic mass is 10.1. The van der Waals surface area contributed by atoms with E-state index in [9.17, 15) is 9.18 Å². The first-order valence-corrected chi connectivity index (χ1v) is 6.32. The number of aryl methyl sites for hydroxylation is 1. The Labute approximate surface area is 116 Å². The fraction of sp³-hybridized carbons (Fsp3) is 0.200. The SMILES string of the molecule is CCc1cccnc1CNc1cccc(F)c1C(=O)O. The number of aromatic carboxylic acids is 1. The second-order valence-corrected chi connectivity index (χ2v) is 4.28. The molecule has 1 aromatic heterocycles. The van der Waals surface area contributed by atoms with Gasteiger partial charge in [-0.15, -0.1) is 0 Å². The minimum absolute atomic E-state index is 0.255. The van der Waals surface area contributed by atoms with E-state index < -0.39 is 11.8 Å². The van der Waals surface area contributed by atoms with Crippen LogP contribution in [-0.2, 0) is 13.0 Å². The van der Waals surface area contributed by atoms with E-state index in [2.05, 4.69) is 10.3 Å². The predicted molar refractivity (Wildman–Crippen MR) is 74.3 cm³/mol. The maximum Gasteiger partial charge on any atom is 0.340 e. The molecule has 1 heterocycles. The molecule has 5 heteroatoms. The van der Waals surface area contributed by atoms with Crippen LogP contribution < -0.4 is 5.32 Å². The molecule has 0 saturated heterocycles. The number of carboxylic acid groups (broad SMARTS) is 1. The topological polar surface area (TPSA) is 62.2 Å². The standard InChI is InChI=1S/C15H15FN2O2/c1-2-10-5-4-8-17-13(10)9-18-12-7-3-6-11(16)14(12)15(19)20/h3-8,18H,2,9H2,1H3,(H,19,20). The van der Waals surface area contributed by atoms with Crippen LogP contribution in [0.2, 0.25) is 0 Å². The fourth-order valence-electron chi connectivity index (χ4n) is 2.02. The van der Waals surface area contributed by atoms with Gasteiger partial charge in [0.05, 0.1) is 17.9 Å². The average molecular weight is 274 g/mol. The van der Waals surface area contributed by atoms with Gasteiger partial charge in [0.25, 0.3) is 0 Å². The molecule has 0 aliphatic carbocycles. The summed E-state index contributed by atoms with van der Waals surface area (Å²) < 4.78 is 13.5. The molecule has 0 atom stereocenters. The first-order valence-electron chi connectivity index (χ1n) is 6.32. The van der Waals surface area contributed by atoms with Gasteiger partial charge in [-0.3, -0.25) is 4.98 Å². The number of anilines is 1. The highest BCUT2D eigenvalue weighted by Crippen LogP contribution is 2.20. The number of nitrogens with zero attached hydrogens (tertiary/aromatic N) is 1. The van der Waals surface area contributed by atoms with Crippen molar-refractivity contribution in [2.75, 3.05) is 5.32 Å². The Hall–Kier alpha value is -2.43. The number of pyridine rings is 1. The number of benzene rings is 1. The van der Waals surface area contributed by atoms with E-state index in [-0.39, 0.29) is 11.3 Å². The molecule has 2 rings (SSSR count). The van der Waals surface area contributed by atoms with Crippen LogP contribution >= 0.6 is 0 Å². The van der Waals surface area contributed by atoms with Crippen molar-refractivity contribution in [3.63, 3.8) is 0 Å². The molecule has 0 aliphatic heterocycles. The summed E-state index contributed by atoms with van der Waals surface area (Å²) in [6.07, 6.45) is 2.51. The summed E-state index contributed by atoms with van der Waals surface area (Å²) in [6, 6.07) is 7.97. The van der Waals surface area contributed by atoms with Gasteiger partial charge >= 0.3 is 5.97 Å². The zero-order valence-corrected chi connectivity index (χ0v) is 11.1. The third-order valence-electron chi connectivity index (χ3n) is 3.04. The first kappa shape index (κ1) is 14.0.